The third-order valence-corrected chi connectivity index (χ3v) is 4.20. The summed E-state index contributed by atoms with van der Waals surface area (Å²) in [5.41, 5.74) is 4.60. The van der Waals surface area contributed by atoms with Gasteiger partial charge in [0.15, 0.2) is 6.61 Å². The number of nitrogens with zero attached hydrogens (tertiary/aromatic N) is 3. The summed E-state index contributed by atoms with van der Waals surface area (Å²) in [4.78, 5) is 20.5. The van der Waals surface area contributed by atoms with Crippen molar-refractivity contribution >= 4 is 22.9 Å². The Hall–Kier alpha value is -1.92. The number of amides is 1. The van der Waals surface area contributed by atoms with Gasteiger partial charge in [0.05, 0.1) is 16.9 Å². The summed E-state index contributed by atoms with van der Waals surface area (Å²) in [6.45, 7) is 1.77. The van der Waals surface area contributed by atoms with Crippen LogP contribution in [0.1, 0.15) is 6.42 Å². The maximum atomic E-state index is 12.2. The van der Waals surface area contributed by atoms with Crippen molar-refractivity contribution in [2.45, 2.75) is 6.42 Å². The van der Waals surface area contributed by atoms with Gasteiger partial charge in [-0.25, -0.2) is 4.98 Å². The topological polar surface area (TPSA) is 45.7 Å². The van der Waals surface area contributed by atoms with Crippen LogP contribution in [0.2, 0.25) is 0 Å². The van der Waals surface area contributed by atoms with Crippen LogP contribution >= 0.6 is 11.3 Å². The summed E-state index contributed by atoms with van der Waals surface area (Å²) in [6, 6.07) is 5.91. The Morgan fingerprint density at radius 2 is 2.27 bits per heavy atom. The van der Waals surface area contributed by atoms with Gasteiger partial charge in [-0.3, -0.25) is 4.79 Å². The number of hydrogen-bond donors (Lipinski definition) is 0. The van der Waals surface area contributed by atoms with E-state index in [-0.39, 0.29) is 12.5 Å². The molecule has 0 bridgehead atoms. The summed E-state index contributed by atoms with van der Waals surface area (Å²) in [6.07, 6.45) is 0.930. The average Bonchev–Trinajstić information content (AvgIpc) is 3.03. The number of hydrogen-bond acceptors (Lipinski definition) is 5. The van der Waals surface area contributed by atoms with Crippen molar-refractivity contribution in [3.8, 4) is 17.0 Å². The van der Waals surface area contributed by atoms with Crippen molar-refractivity contribution < 1.29 is 9.53 Å². The highest BCUT2D eigenvalue weighted by Gasteiger charge is 2.25. The molecular formula is C16H19N3O2S. The van der Waals surface area contributed by atoms with E-state index in [4.69, 9.17) is 4.74 Å². The fourth-order valence-corrected chi connectivity index (χ4v) is 3.07. The molecule has 0 atom stereocenters. The first-order valence-corrected chi connectivity index (χ1v) is 8.20. The first-order chi connectivity index (χ1) is 10.6. The van der Waals surface area contributed by atoms with Crippen LogP contribution in [0.25, 0.3) is 11.3 Å². The molecule has 0 radical (unpaired) electrons. The van der Waals surface area contributed by atoms with Crippen molar-refractivity contribution in [2.24, 2.45) is 0 Å². The summed E-state index contributed by atoms with van der Waals surface area (Å²) in [5, 5.41) is 2.00. The second-order valence-electron chi connectivity index (χ2n) is 5.55. The molecule has 1 aliphatic rings. The van der Waals surface area contributed by atoms with Crippen LogP contribution in [-0.2, 0) is 4.79 Å². The normalized spacial score (nSPS) is 14.1. The molecular weight excluding hydrogens is 298 g/mol. The summed E-state index contributed by atoms with van der Waals surface area (Å²) in [7, 11) is 4.07. The third kappa shape index (κ3) is 3.13. The summed E-state index contributed by atoms with van der Waals surface area (Å²) in [5.74, 6) is 0.783. The minimum atomic E-state index is 0.0154. The van der Waals surface area contributed by atoms with E-state index in [1.54, 1.807) is 11.3 Å². The van der Waals surface area contributed by atoms with Crippen molar-refractivity contribution in [1.82, 2.24) is 9.88 Å². The van der Waals surface area contributed by atoms with Gasteiger partial charge in [-0.1, -0.05) is 0 Å². The second-order valence-corrected chi connectivity index (χ2v) is 6.27. The molecule has 0 unspecified atom stereocenters. The molecule has 5 nitrogen and oxygen atoms in total. The van der Waals surface area contributed by atoms with Gasteiger partial charge in [0.2, 0.25) is 0 Å². The molecule has 6 heteroatoms. The van der Waals surface area contributed by atoms with Crippen molar-refractivity contribution in [3.63, 3.8) is 0 Å². The number of fused-ring (bicyclic) bond motifs is 1. The lowest BCUT2D eigenvalue weighted by Gasteiger charge is -2.30. The first kappa shape index (κ1) is 15.0. The predicted octanol–water partition coefficient (Wildman–Crippen LogP) is 2.49. The van der Waals surface area contributed by atoms with E-state index in [9.17, 15) is 4.79 Å². The Morgan fingerprint density at radius 3 is 3.00 bits per heavy atom. The van der Waals surface area contributed by atoms with E-state index >= 15 is 0 Å². The highest BCUT2D eigenvalue weighted by atomic mass is 32.1. The average molecular weight is 317 g/mol. The number of rotatable bonds is 5. The third-order valence-electron chi connectivity index (χ3n) is 3.62. The molecule has 0 fully saturated rings. The van der Waals surface area contributed by atoms with E-state index < -0.39 is 0 Å². The second kappa shape index (κ2) is 6.46. The Bertz CT molecular complexity index is 655. The minimum absolute atomic E-state index is 0.0154. The highest BCUT2D eigenvalue weighted by molar-refractivity contribution is 7.07. The molecule has 1 amide bonds. The molecule has 0 N–H and O–H groups in total. The number of carbonyl (C=O) groups excluding carboxylic acids is 1. The first-order valence-electron chi connectivity index (χ1n) is 7.25. The van der Waals surface area contributed by atoms with Crippen LogP contribution in [0.15, 0.2) is 29.1 Å². The fourth-order valence-electron chi connectivity index (χ4n) is 2.51. The standard InChI is InChI=1S/C16H19N3O2S/c1-18(2)6-3-7-19-14-8-12(13-10-22-11-17-13)4-5-15(14)21-9-16(19)20/h4-5,8,10-11H,3,6-7,9H2,1-2H3. The van der Waals surface area contributed by atoms with Gasteiger partial charge < -0.3 is 14.5 Å². The van der Waals surface area contributed by atoms with Crippen LogP contribution in [0.5, 0.6) is 5.75 Å². The largest absolute Gasteiger partial charge is 0.482 e. The minimum Gasteiger partial charge on any atom is -0.482 e. The summed E-state index contributed by atoms with van der Waals surface area (Å²) >= 11 is 1.56. The van der Waals surface area contributed by atoms with Crippen molar-refractivity contribution in [1.29, 1.82) is 0 Å². The Labute approximate surface area is 134 Å². The van der Waals surface area contributed by atoms with E-state index in [2.05, 4.69) is 9.88 Å². The van der Waals surface area contributed by atoms with Crippen LogP contribution in [-0.4, -0.2) is 49.6 Å². The lowest BCUT2D eigenvalue weighted by molar-refractivity contribution is -0.121. The zero-order valence-corrected chi connectivity index (χ0v) is 13.6. The molecule has 116 valence electrons. The van der Waals surface area contributed by atoms with Crippen LogP contribution in [0, 0.1) is 0 Å². The van der Waals surface area contributed by atoms with Gasteiger partial charge in [-0.15, -0.1) is 11.3 Å². The monoisotopic (exact) mass is 317 g/mol. The van der Waals surface area contributed by atoms with Crippen LogP contribution < -0.4 is 9.64 Å². The van der Waals surface area contributed by atoms with Gasteiger partial charge in [0, 0.05) is 17.5 Å². The number of benzene rings is 1. The molecule has 22 heavy (non-hydrogen) atoms. The zero-order valence-electron chi connectivity index (χ0n) is 12.8. The molecule has 0 saturated heterocycles. The van der Waals surface area contributed by atoms with E-state index in [0.717, 1.165) is 35.7 Å². The van der Waals surface area contributed by atoms with Crippen molar-refractivity contribution in [3.05, 3.63) is 29.1 Å². The molecule has 0 spiro atoms. The van der Waals surface area contributed by atoms with E-state index in [1.165, 1.54) is 0 Å². The molecule has 3 rings (SSSR count). The zero-order chi connectivity index (χ0) is 15.5. The van der Waals surface area contributed by atoms with Gasteiger partial charge in [0.25, 0.3) is 5.91 Å². The fraction of sp³-hybridized carbons (Fsp3) is 0.375. The summed E-state index contributed by atoms with van der Waals surface area (Å²) < 4.78 is 5.55. The molecule has 2 heterocycles. The predicted molar refractivity (Wildman–Crippen MR) is 88.6 cm³/mol. The molecule has 0 saturated carbocycles. The Balaban J connectivity index is 1.87. The van der Waals surface area contributed by atoms with Gasteiger partial charge >= 0.3 is 0 Å². The molecule has 1 aromatic carbocycles. The van der Waals surface area contributed by atoms with Gasteiger partial charge in [0.1, 0.15) is 5.75 Å². The van der Waals surface area contributed by atoms with Gasteiger partial charge in [-0.05, 0) is 45.3 Å². The molecule has 0 aliphatic carbocycles. The van der Waals surface area contributed by atoms with E-state index in [0.29, 0.717) is 6.54 Å². The number of carbonyl (C=O) groups is 1. The quantitative estimate of drug-likeness (QED) is 0.850. The lowest BCUT2D eigenvalue weighted by Crippen LogP contribution is -2.40. The Kier molecular flexibility index (Phi) is 4.40. The number of aromatic nitrogens is 1. The van der Waals surface area contributed by atoms with Gasteiger partial charge in [-0.2, -0.15) is 0 Å². The SMILES string of the molecule is CN(C)CCCN1C(=O)COc2ccc(-c3cscn3)cc21. The number of anilines is 1. The maximum absolute atomic E-state index is 12.2. The molecule has 1 aromatic heterocycles. The number of ether oxygens (including phenoxy) is 1. The number of thiazole rings is 1. The smallest absolute Gasteiger partial charge is 0.265 e. The lowest BCUT2D eigenvalue weighted by atomic mass is 10.1. The van der Waals surface area contributed by atoms with Crippen LogP contribution in [0.3, 0.4) is 0 Å². The Morgan fingerprint density at radius 1 is 1.41 bits per heavy atom. The molecule has 1 aliphatic heterocycles. The maximum Gasteiger partial charge on any atom is 0.265 e. The van der Waals surface area contributed by atoms with Crippen LogP contribution in [0.4, 0.5) is 5.69 Å². The highest BCUT2D eigenvalue weighted by Crippen LogP contribution is 2.36. The molecule has 2 aromatic rings. The van der Waals surface area contributed by atoms with E-state index in [1.807, 2.05) is 48.1 Å². The van der Waals surface area contributed by atoms with Crippen molar-refractivity contribution in [2.75, 3.05) is 38.7 Å².